The number of halogens is 1. The number of methoxy groups -OCH3 is 1. The summed E-state index contributed by atoms with van der Waals surface area (Å²) in [6, 6.07) is 10.6. The molecular formula is C15H16FNO3S. The predicted molar refractivity (Wildman–Crippen MR) is 78.2 cm³/mol. The van der Waals surface area contributed by atoms with Crippen LogP contribution in [0.3, 0.4) is 0 Å². The van der Waals surface area contributed by atoms with Crippen LogP contribution in [0.25, 0.3) is 0 Å². The predicted octanol–water partition coefficient (Wildman–Crippen LogP) is 2.62. The fourth-order valence-corrected chi connectivity index (χ4v) is 3.12. The van der Waals surface area contributed by atoms with Crippen LogP contribution in [0.2, 0.25) is 0 Å². The molecule has 0 aromatic heterocycles. The number of sulfonamides is 1. The molecule has 0 saturated heterocycles. The Morgan fingerprint density at radius 3 is 2.43 bits per heavy atom. The van der Waals surface area contributed by atoms with E-state index in [4.69, 9.17) is 4.74 Å². The highest BCUT2D eigenvalue weighted by atomic mass is 32.2. The van der Waals surface area contributed by atoms with Crippen molar-refractivity contribution in [3.05, 3.63) is 59.4 Å². The van der Waals surface area contributed by atoms with Crippen LogP contribution >= 0.6 is 0 Å². The Labute approximate surface area is 123 Å². The van der Waals surface area contributed by atoms with Gasteiger partial charge in [0.25, 0.3) is 0 Å². The maximum Gasteiger partial charge on any atom is 0.244 e. The molecule has 0 spiro atoms. The molecule has 6 heteroatoms. The van der Waals surface area contributed by atoms with E-state index in [0.717, 1.165) is 5.56 Å². The highest BCUT2D eigenvalue weighted by Crippen LogP contribution is 2.24. The fourth-order valence-electron chi connectivity index (χ4n) is 1.85. The smallest absolute Gasteiger partial charge is 0.244 e. The van der Waals surface area contributed by atoms with Gasteiger partial charge in [0.05, 0.1) is 7.11 Å². The third-order valence-electron chi connectivity index (χ3n) is 2.99. The molecule has 0 amide bonds. The molecule has 2 aromatic rings. The number of ether oxygens (including phenoxy) is 1. The molecule has 0 fully saturated rings. The normalized spacial score (nSPS) is 11.4. The SMILES string of the molecule is COc1ccc(C)cc1S(=O)(=O)NCc1ccc(F)cc1. The molecule has 2 rings (SSSR count). The third-order valence-corrected chi connectivity index (χ3v) is 4.41. The number of nitrogens with one attached hydrogen (secondary N) is 1. The Balaban J connectivity index is 2.22. The van der Waals surface area contributed by atoms with Crippen molar-refractivity contribution in [1.82, 2.24) is 4.72 Å². The number of benzene rings is 2. The van der Waals surface area contributed by atoms with E-state index in [-0.39, 0.29) is 23.0 Å². The number of rotatable bonds is 5. The van der Waals surface area contributed by atoms with E-state index in [0.29, 0.717) is 5.56 Å². The lowest BCUT2D eigenvalue weighted by Crippen LogP contribution is -2.23. The second-order valence-corrected chi connectivity index (χ2v) is 6.34. The first-order valence-corrected chi connectivity index (χ1v) is 7.79. The fraction of sp³-hybridized carbons (Fsp3) is 0.200. The van der Waals surface area contributed by atoms with Gasteiger partial charge in [0.15, 0.2) is 0 Å². The Morgan fingerprint density at radius 1 is 1.14 bits per heavy atom. The van der Waals surface area contributed by atoms with Gasteiger partial charge in [0.1, 0.15) is 16.5 Å². The van der Waals surface area contributed by atoms with E-state index in [2.05, 4.69) is 4.72 Å². The molecule has 0 unspecified atom stereocenters. The van der Waals surface area contributed by atoms with Crippen LogP contribution in [0.5, 0.6) is 5.75 Å². The quantitative estimate of drug-likeness (QED) is 0.923. The second-order valence-electron chi connectivity index (χ2n) is 4.61. The van der Waals surface area contributed by atoms with Gasteiger partial charge in [-0.05, 0) is 42.3 Å². The van der Waals surface area contributed by atoms with Gasteiger partial charge in [0.2, 0.25) is 10.0 Å². The lowest BCUT2D eigenvalue weighted by atomic mass is 10.2. The van der Waals surface area contributed by atoms with Crippen molar-refractivity contribution in [1.29, 1.82) is 0 Å². The Morgan fingerprint density at radius 2 is 1.81 bits per heavy atom. The van der Waals surface area contributed by atoms with Gasteiger partial charge in [-0.25, -0.2) is 17.5 Å². The van der Waals surface area contributed by atoms with E-state index in [1.54, 1.807) is 25.1 Å². The number of hydrogen-bond acceptors (Lipinski definition) is 3. The standard InChI is InChI=1S/C15H16FNO3S/c1-11-3-8-14(20-2)15(9-11)21(18,19)17-10-12-4-6-13(16)7-5-12/h3-9,17H,10H2,1-2H3. The molecule has 0 aliphatic rings. The average molecular weight is 309 g/mol. The lowest BCUT2D eigenvalue weighted by molar-refractivity contribution is 0.402. The summed E-state index contributed by atoms with van der Waals surface area (Å²) in [5, 5.41) is 0. The zero-order valence-electron chi connectivity index (χ0n) is 11.8. The van der Waals surface area contributed by atoms with Crippen LogP contribution in [0.15, 0.2) is 47.4 Å². The highest BCUT2D eigenvalue weighted by Gasteiger charge is 2.19. The zero-order chi connectivity index (χ0) is 15.5. The molecule has 1 N–H and O–H groups in total. The van der Waals surface area contributed by atoms with Gasteiger partial charge in [0, 0.05) is 6.54 Å². The summed E-state index contributed by atoms with van der Waals surface area (Å²) in [5.41, 5.74) is 1.49. The van der Waals surface area contributed by atoms with E-state index < -0.39 is 10.0 Å². The summed E-state index contributed by atoms with van der Waals surface area (Å²) >= 11 is 0. The van der Waals surface area contributed by atoms with Gasteiger partial charge < -0.3 is 4.74 Å². The first kappa shape index (κ1) is 15.5. The molecule has 0 radical (unpaired) electrons. The summed E-state index contributed by atoms with van der Waals surface area (Å²) in [4.78, 5) is 0.0899. The van der Waals surface area contributed by atoms with Crippen LogP contribution in [-0.2, 0) is 16.6 Å². The van der Waals surface area contributed by atoms with Gasteiger partial charge in [-0.1, -0.05) is 18.2 Å². The molecule has 21 heavy (non-hydrogen) atoms. The first-order chi connectivity index (χ1) is 9.92. The molecule has 0 aliphatic carbocycles. The molecule has 0 atom stereocenters. The van der Waals surface area contributed by atoms with Crippen molar-refractivity contribution in [2.75, 3.05) is 7.11 Å². The van der Waals surface area contributed by atoms with Gasteiger partial charge in [-0.15, -0.1) is 0 Å². The van der Waals surface area contributed by atoms with E-state index in [1.807, 2.05) is 0 Å². The summed E-state index contributed by atoms with van der Waals surface area (Å²) in [7, 11) is -2.28. The van der Waals surface area contributed by atoms with Crippen molar-refractivity contribution in [3.8, 4) is 5.75 Å². The van der Waals surface area contributed by atoms with Crippen LogP contribution < -0.4 is 9.46 Å². The summed E-state index contributed by atoms with van der Waals surface area (Å²) in [5.74, 6) is -0.0748. The van der Waals surface area contributed by atoms with Gasteiger partial charge in [-0.3, -0.25) is 0 Å². The Bertz CT molecular complexity index is 727. The minimum absolute atomic E-state index is 0.0830. The van der Waals surface area contributed by atoms with Crippen LogP contribution in [0.1, 0.15) is 11.1 Å². The zero-order valence-corrected chi connectivity index (χ0v) is 12.6. The molecule has 0 bridgehead atoms. The third kappa shape index (κ3) is 3.80. The number of aryl methyl sites for hydroxylation is 1. The minimum Gasteiger partial charge on any atom is -0.495 e. The molecular weight excluding hydrogens is 293 g/mol. The van der Waals surface area contributed by atoms with E-state index in [9.17, 15) is 12.8 Å². The average Bonchev–Trinajstić information content (AvgIpc) is 2.47. The highest BCUT2D eigenvalue weighted by molar-refractivity contribution is 7.89. The largest absolute Gasteiger partial charge is 0.495 e. The molecule has 0 aliphatic heterocycles. The van der Waals surface area contributed by atoms with Crippen molar-refractivity contribution in [2.24, 2.45) is 0 Å². The monoisotopic (exact) mass is 309 g/mol. The molecule has 0 heterocycles. The number of hydrogen-bond donors (Lipinski definition) is 1. The van der Waals surface area contributed by atoms with E-state index in [1.165, 1.54) is 31.4 Å². The molecule has 4 nitrogen and oxygen atoms in total. The minimum atomic E-state index is -3.70. The summed E-state index contributed by atoms with van der Waals surface area (Å²) < 4.78 is 45.1. The van der Waals surface area contributed by atoms with Crippen LogP contribution in [-0.4, -0.2) is 15.5 Å². The summed E-state index contributed by atoms with van der Waals surface area (Å²) in [6.07, 6.45) is 0. The van der Waals surface area contributed by atoms with Crippen molar-refractivity contribution in [3.63, 3.8) is 0 Å². The summed E-state index contributed by atoms with van der Waals surface area (Å²) in [6.45, 7) is 1.89. The van der Waals surface area contributed by atoms with Gasteiger partial charge >= 0.3 is 0 Å². The Hall–Kier alpha value is -1.92. The molecule has 2 aromatic carbocycles. The van der Waals surface area contributed by atoms with E-state index >= 15 is 0 Å². The van der Waals surface area contributed by atoms with Crippen molar-refractivity contribution >= 4 is 10.0 Å². The van der Waals surface area contributed by atoms with Crippen molar-refractivity contribution < 1.29 is 17.5 Å². The molecule has 0 saturated carbocycles. The molecule has 112 valence electrons. The van der Waals surface area contributed by atoms with Crippen molar-refractivity contribution in [2.45, 2.75) is 18.4 Å². The first-order valence-electron chi connectivity index (χ1n) is 6.31. The van der Waals surface area contributed by atoms with Crippen LogP contribution in [0.4, 0.5) is 4.39 Å². The maximum atomic E-state index is 12.8. The van der Waals surface area contributed by atoms with Gasteiger partial charge in [-0.2, -0.15) is 0 Å². The maximum absolute atomic E-state index is 12.8. The second kappa shape index (κ2) is 6.24. The van der Waals surface area contributed by atoms with Crippen LogP contribution in [0, 0.1) is 12.7 Å². The lowest BCUT2D eigenvalue weighted by Gasteiger charge is -2.11. The topological polar surface area (TPSA) is 55.4 Å². The Kier molecular flexibility index (Phi) is 4.59.